The summed E-state index contributed by atoms with van der Waals surface area (Å²) < 4.78 is 28.1. The van der Waals surface area contributed by atoms with Crippen molar-refractivity contribution < 1.29 is 13.2 Å². The summed E-state index contributed by atoms with van der Waals surface area (Å²) in [6.45, 7) is 5.82. The molecule has 0 atom stereocenters. The molecular weight excluding hydrogens is 424 g/mol. The molecule has 0 unspecified atom stereocenters. The third kappa shape index (κ3) is 5.36. The largest absolute Gasteiger partial charge is 0.355 e. The molecule has 0 saturated carbocycles. The fourth-order valence-electron chi connectivity index (χ4n) is 1.49. The van der Waals surface area contributed by atoms with Gasteiger partial charge in [-0.1, -0.05) is 29.8 Å². The lowest BCUT2D eigenvalue weighted by Gasteiger charge is -2.11. The standard InChI is InChI=1S/C13H18Br2N2O3S/c1-8(2)13(18)16-4-5-17-21(19,20)12-7-10(14)9(3)6-11(12)15/h6-8,17H,4-5H2,1-3H3,(H,16,18). The summed E-state index contributed by atoms with van der Waals surface area (Å²) in [7, 11) is -3.63. The highest BCUT2D eigenvalue weighted by Gasteiger charge is 2.18. The van der Waals surface area contributed by atoms with Crippen LogP contribution in [0.4, 0.5) is 0 Å². The summed E-state index contributed by atoms with van der Waals surface area (Å²) in [5, 5.41) is 2.65. The zero-order chi connectivity index (χ0) is 16.2. The third-order valence-electron chi connectivity index (χ3n) is 2.74. The molecule has 0 radical (unpaired) electrons. The highest BCUT2D eigenvalue weighted by molar-refractivity contribution is 9.11. The monoisotopic (exact) mass is 440 g/mol. The average molecular weight is 442 g/mol. The Morgan fingerprint density at radius 1 is 1.19 bits per heavy atom. The molecule has 0 fully saturated rings. The van der Waals surface area contributed by atoms with Gasteiger partial charge in [0, 0.05) is 28.0 Å². The quantitative estimate of drug-likeness (QED) is 0.666. The van der Waals surface area contributed by atoms with Gasteiger partial charge >= 0.3 is 0 Å². The van der Waals surface area contributed by atoms with E-state index >= 15 is 0 Å². The number of carbonyl (C=O) groups excluding carboxylic acids is 1. The van der Waals surface area contributed by atoms with Gasteiger partial charge in [-0.3, -0.25) is 4.79 Å². The summed E-state index contributed by atoms with van der Waals surface area (Å²) in [5.74, 6) is -0.225. The molecule has 0 aromatic heterocycles. The van der Waals surface area contributed by atoms with Crippen LogP contribution in [0.15, 0.2) is 26.0 Å². The van der Waals surface area contributed by atoms with Gasteiger partial charge in [-0.25, -0.2) is 13.1 Å². The molecule has 1 aromatic rings. The van der Waals surface area contributed by atoms with Crippen molar-refractivity contribution in [2.24, 2.45) is 5.92 Å². The van der Waals surface area contributed by atoms with Gasteiger partial charge in [-0.05, 0) is 40.5 Å². The number of hydrogen-bond acceptors (Lipinski definition) is 3. The number of hydrogen-bond donors (Lipinski definition) is 2. The minimum absolute atomic E-state index is 0.103. The first-order chi connectivity index (χ1) is 9.65. The molecule has 0 aliphatic carbocycles. The van der Waals surface area contributed by atoms with E-state index in [2.05, 4.69) is 41.9 Å². The molecule has 0 aliphatic rings. The topological polar surface area (TPSA) is 75.3 Å². The molecule has 21 heavy (non-hydrogen) atoms. The van der Waals surface area contributed by atoms with Crippen LogP contribution in [0.1, 0.15) is 19.4 Å². The Hall–Kier alpha value is -0.440. The molecule has 5 nitrogen and oxygen atoms in total. The van der Waals surface area contributed by atoms with Crippen molar-refractivity contribution in [1.29, 1.82) is 0 Å². The van der Waals surface area contributed by atoms with Crippen LogP contribution in [0.5, 0.6) is 0 Å². The van der Waals surface area contributed by atoms with Crippen molar-refractivity contribution in [2.75, 3.05) is 13.1 Å². The Labute approximate surface area is 142 Å². The number of halogens is 2. The van der Waals surface area contributed by atoms with Crippen LogP contribution in [0.3, 0.4) is 0 Å². The van der Waals surface area contributed by atoms with E-state index < -0.39 is 10.0 Å². The van der Waals surface area contributed by atoms with Crippen LogP contribution < -0.4 is 10.0 Å². The zero-order valence-corrected chi connectivity index (χ0v) is 16.0. The van der Waals surface area contributed by atoms with Gasteiger partial charge in [0.25, 0.3) is 0 Å². The van der Waals surface area contributed by atoms with E-state index in [0.717, 1.165) is 10.0 Å². The number of aryl methyl sites for hydroxylation is 1. The summed E-state index contributed by atoms with van der Waals surface area (Å²) in [4.78, 5) is 11.5. The molecule has 1 amide bonds. The lowest BCUT2D eigenvalue weighted by Crippen LogP contribution is -2.36. The molecule has 118 valence electrons. The van der Waals surface area contributed by atoms with Crippen molar-refractivity contribution in [3.8, 4) is 0 Å². The van der Waals surface area contributed by atoms with Crippen LogP contribution in [0, 0.1) is 12.8 Å². The van der Waals surface area contributed by atoms with E-state index in [0.29, 0.717) is 4.47 Å². The Kier molecular flexibility index (Phi) is 6.83. The lowest BCUT2D eigenvalue weighted by atomic mass is 10.2. The highest BCUT2D eigenvalue weighted by atomic mass is 79.9. The maximum absolute atomic E-state index is 12.2. The van der Waals surface area contributed by atoms with Crippen molar-refractivity contribution in [2.45, 2.75) is 25.7 Å². The molecular formula is C13H18Br2N2O3S. The smallest absolute Gasteiger partial charge is 0.241 e. The van der Waals surface area contributed by atoms with Crippen LogP contribution in [-0.4, -0.2) is 27.4 Å². The van der Waals surface area contributed by atoms with Crippen LogP contribution in [0.2, 0.25) is 0 Å². The predicted molar refractivity (Wildman–Crippen MR) is 89.6 cm³/mol. The van der Waals surface area contributed by atoms with Gasteiger partial charge in [-0.2, -0.15) is 0 Å². The second-order valence-electron chi connectivity index (χ2n) is 4.88. The molecule has 1 rings (SSSR count). The van der Waals surface area contributed by atoms with Crippen molar-refractivity contribution in [3.05, 3.63) is 26.6 Å². The minimum Gasteiger partial charge on any atom is -0.355 e. The number of carbonyl (C=O) groups is 1. The zero-order valence-electron chi connectivity index (χ0n) is 12.0. The Morgan fingerprint density at radius 3 is 2.38 bits per heavy atom. The van der Waals surface area contributed by atoms with Gasteiger partial charge < -0.3 is 5.32 Å². The van der Waals surface area contributed by atoms with Crippen molar-refractivity contribution >= 4 is 47.8 Å². The van der Waals surface area contributed by atoms with E-state index in [9.17, 15) is 13.2 Å². The number of nitrogens with one attached hydrogen (secondary N) is 2. The van der Waals surface area contributed by atoms with Crippen LogP contribution in [0.25, 0.3) is 0 Å². The van der Waals surface area contributed by atoms with E-state index in [-0.39, 0.29) is 29.8 Å². The third-order valence-corrected chi connectivity index (χ3v) is 6.02. The van der Waals surface area contributed by atoms with Crippen molar-refractivity contribution in [3.63, 3.8) is 0 Å². The predicted octanol–water partition coefficient (Wildman–Crippen LogP) is 2.57. The lowest BCUT2D eigenvalue weighted by molar-refractivity contribution is -0.123. The SMILES string of the molecule is Cc1cc(Br)c(S(=O)(=O)NCCNC(=O)C(C)C)cc1Br. The van der Waals surface area contributed by atoms with Crippen LogP contribution >= 0.6 is 31.9 Å². The van der Waals surface area contributed by atoms with Gasteiger partial charge in [0.05, 0.1) is 4.90 Å². The van der Waals surface area contributed by atoms with Gasteiger partial charge in [0.2, 0.25) is 15.9 Å². The first-order valence-corrected chi connectivity index (χ1v) is 9.45. The molecule has 1 aromatic carbocycles. The normalized spacial score (nSPS) is 11.7. The highest BCUT2D eigenvalue weighted by Crippen LogP contribution is 2.28. The van der Waals surface area contributed by atoms with E-state index in [4.69, 9.17) is 0 Å². The van der Waals surface area contributed by atoms with E-state index in [1.807, 2.05) is 6.92 Å². The van der Waals surface area contributed by atoms with Crippen molar-refractivity contribution in [1.82, 2.24) is 10.0 Å². The summed E-state index contributed by atoms with van der Waals surface area (Å²) in [6.07, 6.45) is 0. The van der Waals surface area contributed by atoms with E-state index in [1.54, 1.807) is 26.0 Å². The Bertz CT molecular complexity index is 631. The number of rotatable bonds is 6. The van der Waals surface area contributed by atoms with Gasteiger partial charge in [0.1, 0.15) is 0 Å². The molecule has 0 spiro atoms. The molecule has 0 bridgehead atoms. The molecule has 0 saturated heterocycles. The van der Waals surface area contributed by atoms with Crippen LogP contribution in [-0.2, 0) is 14.8 Å². The number of benzene rings is 1. The fourth-order valence-corrected chi connectivity index (χ4v) is 4.19. The molecule has 8 heteroatoms. The number of sulfonamides is 1. The first kappa shape index (κ1) is 18.6. The molecule has 2 N–H and O–H groups in total. The maximum Gasteiger partial charge on any atom is 0.241 e. The van der Waals surface area contributed by atoms with Gasteiger partial charge in [0.15, 0.2) is 0 Å². The summed E-state index contributed by atoms with van der Waals surface area (Å²) in [5.41, 5.74) is 0.935. The second kappa shape index (κ2) is 7.71. The summed E-state index contributed by atoms with van der Waals surface area (Å²) >= 11 is 6.58. The Morgan fingerprint density at radius 2 is 1.81 bits per heavy atom. The number of amides is 1. The minimum atomic E-state index is -3.63. The molecule has 0 heterocycles. The fraction of sp³-hybridized carbons (Fsp3) is 0.462. The molecule has 0 aliphatic heterocycles. The first-order valence-electron chi connectivity index (χ1n) is 6.38. The summed E-state index contributed by atoms with van der Waals surface area (Å²) in [6, 6.07) is 3.29. The second-order valence-corrected chi connectivity index (χ2v) is 8.32. The average Bonchev–Trinajstić information content (AvgIpc) is 2.38. The maximum atomic E-state index is 12.2. The van der Waals surface area contributed by atoms with E-state index in [1.165, 1.54) is 0 Å². The van der Waals surface area contributed by atoms with Gasteiger partial charge in [-0.15, -0.1) is 0 Å². The Balaban J connectivity index is 2.71.